The zero-order valence-corrected chi connectivity index (χ0v) is 12.6. The van der Waals surface area contributed by atoms with Crippen molar-refractivity contribution in [2.45, 2.75) is 3.92 Å². The van der Waals surface area contributed by atoms with Gasteiger partial charge in [-0.25, -0.2) is 4.39 Å². The number of methoxy groups -OCH3 is 2. The molecular weight excluding hydrogens is 368 g/mol. The van der Waals surface area contributed by atoms with Crippen LogP contribution in [0, 0.1) is 5.82 Å². The van der Waals surface area contributed by atoms with Crippen molar-refractivity contribution < 1.29 is 23.5 Å². The van der Waals surface area contributed by atoms with Gasteiger partial charge in [0.1, 0.15) is 15.5 Å². The van der Waals surface area contributed by atoms with Gasteiger partial charge >= 0.3 is 5.97 Å². The van der Waals surface area contributed by atoms with Gasteiger partial charge in [0.05, 0.1) is 19.8 Å². The van der Waals surface area contributed by atoms with E-state index in [1.807, 2.05) is 22.6 Å². The van der Waals surface area contributed by atoms with Gasteiger partial charge in [-0.15, -0.1) is 0 Å². The first kappa shape index (κ1) is 15.7. The number of nitrogens with one attached hydrogen (secondary N) is 1. The standard InChI is InChI=1S/C12H13FINO4/c1-18-7-3-4-8(9(13)5-7)11(16)15-6-10(14)12(17)19-2/h3-5,10H,6H2,1-2H3,(H,15,16). The molecule has 0 saturated carbocycles. The van der Waals surface area contributed by atoms with Crippen molar-refractivity contribution in [2.24, 2.45) is 0 Å². The Labute approximate surface area is 123 Å². The van der Waals surface area contributed by atoms with Crippen molar-refractivity contribution in [3.63, 3.8) is 0 Å². The predicted octanol–water partition coefficient (Wildman–Crippen LogP) is 1.54. The molecule has 0 aliphatic carbocycles. The van der Waals surface area contributed by atoms with Gasteiger partial charge in [-0.2, -0.15) is 0 Å². The summed E-state index contributed by atoms with van der Waals surface area (Å²) in [5, 5.41) is 2.46. The first-order valence-corrected chi connectivity index (χ1v) is 6.57. The van der Waals surface area contributed by atoms with E-state index in [4.69, 9.17) is 4.74 Å². The third-order valence-electron chi connectivity index (χ3n) is 2.32. The molecule has 1 aromatic rings. The molecule has 0 aromatic heterocycles. The van der Waals surface area contributed by atoms with Gasteiger partial charge in [-0.05, 0) is 12.1 Å². The summed E-state index contributed by atoms with van der Waals surface area (Å²) in [6, 6.07) is 3.93. The first-order chi connectivity index (χ1) is 8.99. The van der Waals surface area contributed by atoms with E-state index in [1.165, 1.54) is 26.4 Å². The lowest BCUT2D eigenvalue weighted by Crippen LogP contribution is -2.34. The molecule has 7 heteroatoms. The molecule has 0 saturated heterocycles. The Morgan fingerprint density at radius 3 is 2.63 bits per heavy atom. The van der Waals surface area contributed by atoms with E-state index in [-0.39, 0.29) is 12.1 Å². The number of carbonyl (C=O) groups excluding carboxylic acids is 2. The van der Waals surface area contributed by atoms with Crippen LogP contribution in [-0.4, -0.2) is 36.6 Å². The van der Waals surface area contributed by atoms with Gasteiger partial charge in [0.25, 0.3) is 5.91 Å². The maximum Gasteiger partial charge on any atom is 0.320 e. The van der Waals surface area contributed by atoms with Crippen LogP contribution in [0.5, 0.6) is 5.75 Å². The van der Waals surface area contributed by atoms with Crippen LogP contribution in [0.25, 0.3) is 0 Å². The molecule has 1 atom stereocenters. The molecule has 1 rings (SSSR count). The van der Waals surface area contributed by atoms with Crippen LogP contribution in [-0.2, 0) is 9.53 Å². The summed E-state index contributed by atoms with van der Waals surface area (Å²) in [4.78, 5) is 22.9. The van der Waals surface area contributed by atoms with Crippen LogP contribution in [0.1, 0.15) is 10.4 Å². The van der Waals surface area contributed by atoms with E-state index in [0.29, 0.717) is 5.75 Å². The summed E-state index contributed by atoms with van der Waals surface area (Å²) >= 11 is 1.84. The summed E-state index contributed by atoms with van der Waals surface area (Å²) < 4.78 is 22.4. The number of hydrogen-bond acceptors (Lipinski definition) is 4. The number of carbonyl (C=O) groups is 2. The van der Waals surface area contributed by atoms with Crippen LogP contribution < -0.4 is 10.1 Å². The third kappa shape index (κ3) is 4.34. The molecule has 0 fully saturated rings. The lowest BCUT2D eigenvalue weighted by Gasteiger charge is -2.10. The Kier molecular flexibility index (Phi) is 6.00. The molecule has 1 unspecified atom stereocenters. The van der Waals surface area contributed by atoms with Crippen LogP contribution in [0.3, 0.4) is 0 Å². The molecular formula is C12H13FINO4. The zero-order chi connectivity index (χ0) is 14.4. The van der Waals surface area contributed by atoms with E-state index in [9.17, 15) is 14.0 Å². The van der Waals surface area contributed by atoms with E-state index in [2.05, 4.69) is 10.1 Å². The zero-order valence-electron chi connectivity index (χ0n) is 10.4. The molecule has 0 radical (unpaired) electrons. The first-order valence-electron chi connectivity index (χ1n) is 5.33. The van der Waals surface area contributed by atoms with Crippen LogP contribution in [0.15, 0.2) is 18.2 Å². The topological polar surface area (TPSA) is 64.6 Å². The Morgan fingerprint density at radius 1 is 1.42 bits per heavy atom. The van der Waals surface area contributed by atoms with Crippen molar-refractivity contribution in [2.75, 3.05) is 20.8 Å². The smallest absolute Gasteiger partial charge is 0.320 e. The second kappa shape index (κ2) is 7.27. The fourth-order valence-corrected chi connectivity index (χ4v) is 1.77. The van der Waals surface area contributed by atoms with Gasteiger partial charge in [-0.3, -0.25) is 9.59 Å². The second-order valence-corrected chi connectivity index (χ2v) is 5.05. The maximum absolute atomic E-state index is 13.6. The van der Waals surface area contributed by atoms with E-state index >= 15 is 0 Å². The summed E-state index contributed by atoms with van der Waals surface area (Å²) in [6.45, 7) is 0.0670. The summed E-state index contributed by atoms with van der Waals surface area (Å²) in [6.07, 6.45) is 0. The molecule has 0 heterocycles. The number of esters is 1. The SMILES string of the molecule is COC(=O)C(I)CNC(=O)c1ccc(OC)cc1F. The number of ether oxygens (including phenoxy) is 2. The van der Waals surface area contributed by atoms with Crippen LogP contribution >= 0.6 is 22.6 Å². The van der Waals surface area contributed by atoms with Crippen molar-refractivity contribution >= 4 is 34.5 Å². The van der Waals surface area contributed by atoms with Crippen molar-refractivity contribution in [3.05, 3.63) is 29.6 Å². The van der Waals surface area contributed by atoms with Crippen molar-refractivity contribution in [1.82, 2.24) is 5.32 Å². The molecule has 0 spiro atoms. The molecule has 1 N–H and O–H groups in total. The fraction of sp³-hybridized carbons (Fsp3) is 0.333. The third-order valence-corrected chi connectivity index (χ3v) is 3.27. The van der Waals surface area contributed by atoms with Crippen LogP contribution in [0.4, 0.5) is 4.39 Å². The van der Waals surface area contributed by atoms with E-state index < -0.39 is 21.6 Å². The lowest BCUT2D eigenvalue weighted by atomic mass is 10.2. The normalized spacial score (nSPS) is 11.6. The van der Waals surface area contributed by atoms with Gasteiger partial charge in [-0.1, -0.05) is 22.6 Å². The predicted molar refractivity (Wildman–Crippen MR) is 75.1 cm³/mol. The minimum absolute atomic E-state index is 0.0670. The number of halogens is 2. The average molecular weight is 381 g/mol. The quantitative estimate of drug-likeness (QED) is 0.478. The highest BCUT2D eigenvalue weighted by Gasteiger charge is 2.18. The second-order valence-electron chi connectivity index (χ2n) is 3.55. The van der Waals surface area contributed by atoms with Crippen LogP contribution in [0.2, 0.25) is 0 Å². The molecule has 104 valence electrons. The Bertz CT molecular complexity index is 481. The van der Waals surface area contributed by atoms with Crippen molar-refractivity contribution in [1.29, 1.82) is 0 Å². The monoisotopic (exact) mass is 381 g/mol. The number of hydrogen-bond donors (Lipinski definition) is 1. The lowest BCUT2D eigenvalue weighted by molar-refractivity contribution is -0.139. The molecule has 0 bridgehead atoms. The highest BCUT2D eigenvalue weighted by Crippen LogP contribution is 2.16. The summed E-state index contributed by atoms with van der Waals surface area (Å²) in [5.41, 5.74) is -0.103. The van der Waals surface area contributed by atoms with E-state index in [0.717, 1.165) is 6.07 Å². The molecule has 1 amide bonds. The number of benzene rings is 1. The van der Waals surface area contributed by atoms with E-state index in [1.54, 1.807) is 0 Å². The Morgan fingerprint density at radius 2 is 2.11 bits per heavy atom. The molecule has 0 aliphatic rings. The van der Waals surface area contributed by atoms with Gasteiger partial charge < -0.3 is 14.8 Å². The van der Waals surface area contributed by atoms with Crippen molar-refractivity contribution in [3.8, 4) is 5.75 Å². The number of rotatable bonds is 5. The minimum Gasteiger partial charge on any atom is -0.497 e. The Hall–Kier alpha value is -1.38. The number of alkyl halides is 1. The maximum atomic E-state index is 13.6. The largest absolute Gasteiger partial charge is 0.497 e. The minimum atomic E-state index is -0.681. The molecule has 1 aromatic carbocycles. The highest BCUT2D eigenvalue weighted by atomic mass is 127. The Balaban J connectivity index is 2.66. The number of amides is 1. The highest BCUT2D eigenvalue weighted by molar-refractivity contribution is 14.1. The summed E-state index contributed by atoms with van der Waals surface area (Å²) in [5.74, 6) is -1.39. The van der Waals surface area contributed by atoms with Gasteiger partial charge in [0, 0.05) is 12.6 Å². The van der Waals surface area contributed by atoms with Gasteiger partial charge in [0.15, 0.2) is 0 Å². The molecule has 19 heavy (non-hydrogen) atoms. The molecule has 0 aliphatic heterocycles. The summed E-state index contributed by atoms with van der Waals surface area (Å²) in [7, 11) is 2.67. The average Bonchev–Trinajstić information content (AvgIpc) is 2.43. The molecule has 5 nitrogen and oxygen atoms in total. The van der Waals surface area contributed by atoms with Gasteiger partial charge in [0.2, 0.25) is 0 Å². The fourth-order valence-electron chi connectivity index (χ4n) is 1.30.